The number of rotatable bonds is 3. The molecule has 0 aromatic heterocycles. The van der Waals surface area contributed by atoms with Crippen LogP contribution in [0.1, 0.15) is 0 Å². The molecular weight excluding hydrogens is 449 g/mol. The molecule has 2 aliphatic rings. The first-order valence-electron chi connectivity index (χ1n) is 9.45. The van der Waals surface area contributed by atoms with Gasteiger partial charge in [-0.05, 0) is 36.4 Å². The molecule has 1 amide bonds. The molecule has 0 radical (unpaired) electrons. The number of benzene rings is 2. The van der Waals surface area contributed by atoms with Gasteiger partial charge in [-0.3, -0.25) is 9.10 Å². The van der Waals surface area contributed by atoms with E-state index in [9.17, 15) is 13.2 Å². The predicted octanol–water partition coefficient (Wildman–Crippen LogP) is 2.87. The summed E-state index contributed by atoms with van der Waals surface area (Å²) in [6.07, 6.45) is 0.194. The minimum absolute atomic E-state index is 0.0838. The Labute approximate surface area is 185 Å². The predicted molar refractivity (Wildman–Crippen MR) is 118 cm³/mol. The molecule has 10 heteroatoms. The monoisotopic (exact) mass is 469 g/mol. The van der Waals surface area contributed by atoms with Gasteiger partial charge in [-0.25, -0.2) is 8.42 Å². The van der Waals surface area contributed by atoms with E-state index in [2.05, 4.69) is 4.90 Å². The van der Waals surface area contributed by atoms with Crippen molar-refractivity contribution in [2.45, 2.75) is 6.10 Å². The van der Waals surface area contributed by atoms with Crippen molar-refractivity contribution in [3.8, 4) is 5.75 Å². The van der Waals surface area contributed by atoms with Crippen LogP contribution in [0, 0.1) is 0 Å². The molecule has 7 nitrogen and oxygen atoms in total. The Morgan fingerprint density at radius 2 is 1.73 bits per heavy atom. The van der Waals surface area contributed by atoms with E-state index in [1.54, 1.807) is 17.0 Å². The van der Waals surface area contributed by atoms with E-state index < -0.39 is 16.1 Å². The molecule has 0 spiro atoms. The fraction of sp³-hybridized carbons (Fsp3) is 0.350. The number of hydrogen-bond acceptors (Lipinski definition) is 5. The van der Waals surface area contributed by atoms with Crippen molar-refractivity contribution in [2.24, 2.45) is 0 Å². The maximum Gasteiger partial charge on any atom is 0.265 e. The molecule has 0 saturated carbocycles. The maximum atomic E-state index is 13.1. The summed E-state index contributed by atoms with van der Waals surface area (Å²) in [5.41, 5.74) is 1.36. The molecule has 2 aromatic rings. The Morgan fingerprint density at radius 3 is 2.40 bits per heavy atom. The van der Waals surface area contributed by atoms with Crippen molar-refractivity contribution in [1.29, 1.82) is 0 Å². The SMILES string of the molecule is CS(=O)(=O)N1CC(C(=O)N2CCN(c3cccc(Cl)c3)CC2)Oc2ccc(Cl)cc21. The van der Waals surface area contributed by atoms with Gasteiger partial charge in [0, 0.05) is 41.9 Å². The summed E-state index contributed by atoms with van der Waals surface area (Å²) in [7, 11) is -3.60. The Hall–Kier alpha value is -2.16. The Bertz CT molecular complexity index is 1070. The largest absolute Gasteiger partial charge is 0.476 e. The standard InChI is InChI=1S/C20H21Cl2N3O4S/c1-30(27,28)25-13-19(29-18-6-5-15(22)12-17(18)25)20(26)24-9-7-23(8-10-24)16-4-2-3-14(21)11-16/h2-6,11-12,19H,7-10,13H2,1H3. The second kappa shape index (κ2) is 8.17. The third-order valence-corrected chi connectivity index (χ3v) is 6.85. The van der Waals surface area contributed by atoms with E-state index in [1.165, 1.54) is 10.4 Å². The van der Waals surface area contributed by atoms with Crippen molar-refractivity contribution >= 4 is 50.5 Å². The maximum absolute atomic E-state index is 13.1. The number of amides is 1. The second-order valence-corrected chi connectivity index (χ2v) is 10.1. The molecule has 0 aliphatic carbocycles. The molecule has 30 heavy (non-hydrogen) atoms. The number of nitrogens with zero attached hydrogens (tertiary/aromatic N) is 3. The van der Waals surface area contributed by atoms with Crippen LogP contribution in [-0.4, -0.2) is 64.3 Å². The molecule has 0 bridgehead atoms. The van der Waals surface area contributed by atoms with Crippen LogP contribution in [-0.2, 0) is 14.8 Å². The summed E-state index contributed by atoms with van der Waals surface area (Å²) < 4.78 is 31.7. The van der Waals surface area contributed by atoms with E-state index in [1.807, 2.05) is 24.3 Å². The van der Waals surface area contributed by atoms with Crippen LogP contribution >= 0.6 is 23.2 Å². The molecule has 160 valence electrons. The van der Waals surface area contributed by atoms with Gasteiger partial charge in [0.15, 0.2) is 6.10 Å². The van der Waals surface area contributed by atoms with Gasteiger partial charge in [-0.2, -0.15) is 0 Å². The number of halogens is 2. The van der Waals surface area contributed by atoms with Crippen LogP contribution in [0.2, 0.25) is 10.0 Å². The minimum Gasteiger partial charge on any atom is -0.476 e. The summed E-state index contributed by atoms with van der Waals surface area (Å²) in [5, 5.41) is 1.06. The fourth-order valence-corrected chi connectivity index (χ4v) is 4.99. The highest BCUT2D eigenvalue weighted by molar-refractivity contribution is 7.92. The van der Waals surface area contributed by atoms with Crippen molar-refractivity contribution in [1.82, 2.24) is 4.90 Å². The molecule has 2 aliphatic heterocycles. The van der Waals surface area contributed by atoms with Gasteiger partial charge in [0.25, 0.3) is 5.91 Å². The minimum atomic E-state index is -3.60. The van der Waals surface area contributed by atoms with Crippen LogP contribution in [0.15, 0.2) is 42.5 Å². The molecule has 4 rings (SSSR count). The van der Waals surface area contributed by atoms with Crippen LogP contribution < -0.4 is 13.9 Å². The average molecular weight is 470 g/mol. The summed E-state index contributed by atoms with van der Waals surface area (Å²) in [4.78, 5) is 17.0. The summed E-state index contributed by atoms with van der Waals surface area (Å²) in [5.74, 6) is 0.0991. The second-order valence-electron chi connectivity index (χ2n) is 7.30. The van der Waals surface area contributed by atoms with Gasteiger partial charge in [0.1, 0.15) is 5.75 Å². The first kappa shape index (κ1) is 21.1. The Balaban J connectivity index is 1.48. The Kier molecular flexibility index (Phi) is 5.74. The quantitative estimate of drug-likeness (QED) is 0.690. The lowest BCUT2D eigenvalue weighted by Gasteiger charge is -2.40. The van der Waals surface area contributed by atoms with E-state index in [0.29, 0.717) is 47.7 Å². The molecule has 1 atom stereocenters. The zero-order chi connectivity index (χ0) is 21.5. The van der Waals surface area contributed by atoms with Gasteiger partial charge in [0.05, 0.1) is 18.5 Å². The summed E-state index contributed by atoms with van der Waals surface area (Å²) in [6.45, 7) is 2.25. The fourth-order valence-electron chi connectivity index (χ4n) is 3.73. The molecular formula is C20H21Cl2N3O4S. The number of carbonyl (C=O) groups excluding carboxylic acids is 1. The molecule has 1 saturated heterocycles. The van der Waals surface area contributed by atoms with Crippen molar-refractivity contribution < 1.29 is 17.9 Å². The summed E-state index contributed by atoms with van der Waals surface area (Å²) >= 11 is 12.1. The van der Waals surface area contributed by atoms with Gasteiger partial charge < -0.3 is 14.5 Å². The highest BCUT2D eigenvalue weighted by atomic mass is 35.5. The third-order valence-electron chi connectivity index (χ3n) is 5.23. The third kappa shape index (κ3) is 4.31. The van der Waals surface area contributed by atoms with E-state index in [0.717, 1.165) is 11.9 Å². The smallest absolute Gasteiger partial charge is 0.265 e. The first-order valence-corrected chi connectivity index (χ1v) is 12.1. The molecule has 0 N–H and O–H groups in total. The Morgan fingerprint density at radius 1 is 1.03 bits per heavy atom. The number of anilines is 2. The highest BCUT2D eigenvalue weighted by Gasteiger charge is 2.38. The van der Waals surface area contributed by atoms with Crippen LogP contribution in [0.4, 0.5) is 11.4 Å². The van der Waals surface area contributed by atoms with Crippen LogP contribution in [0.5, 0.6) is 5.75 Å². The number of carbonyl (C=O) groups is 1. The van der Waals surface area contributed by atoms with Gasteiger partial charge >= 0.3 is 0 Å². The van der Waals surface area contributed by atoms with Gasteiger partial charge in [-0.1, -0.05) is 29.3 Å². The van der Waals surface area contributed by atoms with Crippen molar-refractivity contribution in [3.63, 3.8) is 0 Å². The van der Waals surface area contributed by atoms with Crippen molar-refractivity contribution in [2.75, 3.05) is 48.2 Å². The van der Waals surface area contributed by atoms with E-state index in [-0.39, 0.29) is 12.5 Å². The van der Waals surface area contributed by atoms with Crippen molar-refractivity contribution in [3.05, 3.63) is 52.5 Å². The molecule has 1 unspecified atom stereocenters. The molecule has 2 heterocycles. The lowest BCUT2D eigenvalue weighted by molar-refractivity contribution is -0.138. The average Bonchev–Trinajstić information content (AvgIpc) is 2.72. The number of hydrogen-bond donors (Lipinski definition) is 0. The number of piperazine rings is 1. The topological polar surface area (TPSA) is 70.2 Å². The lowest BCUT2D eigenvalue weighted by Crippen LogP contribution is -2.56. The number of ether oxygens (including phenoxy) is 1. The number of sulfonamides is 1. The van der Waals surface area contributed by atoms with Crippen LogP contribution in [0.3, 0.4) is 0 Å². The zero-order valence-corrected chi connectivity index (χ0v) is 18.6. The van der Waals surface area contributed by atoms with E-state index >= 15 is 0 Å². The summed E-state index contributed by atoms with van der Waals surface area (Å²) in [6, 6.07) is 12.3. The molecule has 2 aromatic carbocycles. The van der Waals surface area contributed by atoms with Gasteiger partial charge in [-0.15, -0.1) is 0 Å². The van der Waals surface area contributed by atoms with Gasteiger partial charge in [0.2, 0.25) is 10.0 Å². The number of fused-ring (bicyclic) bond motifs is 1. The first-order chi connectivity index (χ1) is 14.2. The van der Waals surface area contributed by atoms with E-state index in [4.69, 9.17) is 27.9 Å². The normalized spacial score (nSPS) is 19.3. The zero-order valence-electron chi connectivity index (χ0n) is 16.3. The highest BCUT2D eigenvalue weighted by Crippen LogP contribution is 2.37. The van der Waals surface area contributed by atoms with Crippen LogP contribution in [0.25, 0.3) is 0 Å². The lowest BCUT2D eigenvalue weighted by atomic mass is 10.2. The molecule has 1 fully saturated rings.